The summed E-state index contributed by atoms with van der Waals surface area (Å²) in [6, 6.07) is 10.5. The van der Waals surface area contributed by atoms with E-state index in [1.165, 1.54) is 0 Å². The molecule has 2 rings (SSSR count). The molecular weight excluding hydrogens is 294 g/mol. The average Bonchev–Trinajstić information content (AvgIpc) is 3.01. The summed E-state index contributed by atoms with van der Waals surface area (Å²) >= 11 is 0. The van der Waals surface area contributed by atoms with Gasteiger partial charge < -0.3 is 15.6 Å². The van der Waals surface area contributed by atoms with Crippen LogP contribution in [0.5, 0.6) is 0 Å². The van der Waals surface area contributed by atoms with Gasteiger partial charge in [-0.2, -0.15) is 0 Å². The number of carbonyl (C=O) groups excluding carboxylic acids is 2. The highest BCUT2D eigenvalue weighted by atomic mass is 16.5. The molecule has 0 radical (unpaired) electrons. The third-order valence-electron chi connectivity index (χ3n) is 3.79. The summed E-state index contributed by atoms with van der Waals surface area (Å²) in [5.74, 6) is -0.254. The van der Waals surface area contributed by atoms with E-state index in [4.69, 9.17) is 10.3 Å². The second-order valence-corrected chi connectivity index (χ2v) is 5.56. The van der Waals surface area contributed by atoms with Crippen LogP contribution in [0.4, 0.5) is 0 Å². The van der Waals surface area contributed by atoms with E-state index in [0.717, 1.165) is 12.0 Å². The van der Waals surface area contributed by atoms with Crippen molar-refractivity contribution in [3.05, 3.63) is 42.1 Å². The van der Waals surface area contributed by atoms with Crippen LogP contribution in [0.2, 0.25) is 0 Å². The van der Waals surface area contributed by atoms with Crippen molar-refractivity contribution in [1.29, 1.82) is 0 Å². The fourth-order valence-electron chi connectivity index (χ4n) is 2.25. The third-order valence-corrected chi connectivity index (χ3v) is 3.79. The van der Waals surface area contributed by atoms with Crippen LogP contribution in [0.15, 0.2) is 40.9 Å². The Hall–Kier alpha value is -2.63. The Labute approximate surface area is 135 Å². The topological polar surface area (TPSA) is 98.2 Å². The number of benzene rings is 1. The van der Waals surface area contributed by atoms with Crippen LogP contribution in [-0.2, 0) is 16.0 Å². The first-order valence-corrected chi connectivity index (χ1v) is 7.61. The van der Waals surface area contributed by atoms with Gasteiger partial charge in [0.25, 0.3) is 0 Å². The lowest BCUT2D eigenvalue weighted by molar-refractivity contribution is -0.128. The summed E-state index contributed by atoms with van der Waals surface area (Å²) in [5, 5.41) is 6.57. The Kier molecular flexibility index (Phi) is 5.51. The number of carbonyl (C=O) groups is 2. The molecule has 1 aromatic heterocycles. The summed E-state index contributed by atoms with van der Waals surface area (Å²) < 4.78 is 5.25. The highest BCUT2D eigenvalue weighted by Crippen LogP contribution is 2.19. The second kappa shape index (κ2) is 7.58. The maximum absolute atomic E-state index is 12.1. The lowest BCUT2D eigenvalue weighted by atomic mass is 9.98. The molecule has 0 aliphatic carbocycles. The molecular formula is C17H21N3O3. The van der Waals surface area contributed by atoms with Crippen molar-refractivity contribution in [2.24, 2.45) is 11.7 Å². The smallest absolute Gasteiger partial charge is 0.240 e. The Bertz CT molecular complexity index is 667. The molecule has 0 spiro atoms. The first-order valence-electron chi connectivity index (χ1n) is 7.61. The summed E-state index contributed by atoms with van der Waals surface area (Å²) in [7, 11) is 0. The van der Waals surface area contributed by atoms with Gasteiger partial charge in [0.05, 0.1) is 12.1 Å². The minimum atomic E-state index is -0.673. The molecule has 0 aliphatic heterocycles. The first kappa shape index (κ1) is 16.7. The van der Waals surface area contributed by atoms with Crippen molar-refractivity contribution in [2.45, 2.75) is 32.7 Å². The lowest BCUT2D eigenvalue weighted by Crippen LogP contribution is -2.48. The number of amides is 2. The van der Waals surface area contributed by atoms with Crippen LogP contribution < -0.4 is 11.1 Å². The molecule has 3 N–H and O–H groups in total. The Balaban J connectivity index is 2.01. The average molecular weight is 315 g/mol. The minimum Gasteiger partial charge on any atom is -0.368 e. The molecule has 23 heavy (non-hydrogen) atoms. The van der Waals surface area contributed by atoms with E-state index in [1.807, 2.05) is 44.2 Å². The molecule has 0 saturated carbocycles. The van der Waals surface area contributed by atoms with Gasteiger partial charge in [0.1, 0.15) is 6.04 Å². The molecule has 2 amide bonds. The maximum atomic E-state index is 12.1. The zero-order valence-corrected chi connectivity index (χ0v) is 13.3. The highest BCUT2D eigenvalue weighted by molar-refractivity contribution is 5.87. The molecule has 6 heteroatoms. The van der Waals surface area contributed by atoms with Crippen molar-refractivity contribution in [2.75, 3.05) is 0 Å². The predicted octanol–water partition coefficient (Wildman–Crippen LogP) is 1.90. The van der Waals surface area contributed by atoms with Gasteiger partial charge in [0.15, 0.2) is 5.76 Å². The number of primary amides is 1. The first-order chi connectivity index (χ1) is 11.0. The monoisotopic (exact) mass is 315 g/mol. The van der Waals surface area contributed by atoms with E-state index in [9.17, 15) is 9.59 Å². The number of rotatable bonds is 7. The van der Waals surface area contributed by atoms with E-state index in [0.29, 0.717) is 11.5 Å². The normalized spacial score (nSPS) is 13.3. The van der Waals surface area contributed by atoms with Gasteiger partial charge in [-0.15, -0.1) is 0 Å². The quantitative estimate of drug-likeness (QED) is 0.815. The number of hydrogen-bond donors (Lipinski definition) is 2. The van der Waals surface area contributed by atoms with Gasteiger partial charge in [-0.1, -0.05) is 55.8 Å². The van der Waals surface area contributed by atoms with Gasteiger partial charge in [0.2, 0.25) is 11.8 Å². The number of nitrogens with two attached hydrogens (primary N) is 1. The third kappa shape index (κ3) is 4.42. The van der Waals surface area contributed by atoms with Gasteiger partial charge in [-0.25, -0.2) is 0 Å². The van der Waals surface area contributed by atoms with Gasteiger partial charge >= 0.3 is 0 Å². The molecule has 0 bridgehead atoms. The summed E-state index contributed by atoms with van der Waals surface area (Å²) in [6.45, 7) is 3.82. The fourth-order valence-corrected chi connectivity index (χ4v) is 2.25. The molecule has 1 aromatic carbocycles. The van der Waals surface area contributed by atoms with Crippen LogP contribution in [0.3, 0.4) is 0 Å². The minimum absolute atomic E-state index is 0.0198. The van der Waals surface area contributed by atoms with E-state index in [1.54, 1.807) is 6.07 Å². The fraction of sp³-hybridized carbons (Fsp3) is 0.353. The molecule has 1 heterocycles. The second-order valence-electron chi connectivity index (χ2n) is 5.56. The van der Waals surface area contributed by atoms with E-state index < -0.39 is 11.9 Å². The van der Waals surface area contributed by atoms with Crippen molar-refractivity contribution < 1.29 is 14.1 Å². The Morgan fingerprint density at radius 3 is 2.61 bits per heavy atom. The maximum Gasteiger partial charge on any atom is 0.240 e. The summed E-state index contributed by atoms with van der Waals surface area (Å²) in [4.78, 5) is 23.5. The molecule has 6 nitrogen and oxygen atoms in total. The number of aromatic nitrogens is 1. The number of nitrogens with zero attached hydrogens (tertiary/aromatic N) is 1. The molecule has 2 aromatic rings. The van der Waals surface area contributed by atoms with E-state index in [-0.39, 0.29) is 18.2 Å². The number of hydrogen-bond acceptors (Lipinski definition) is 4. The van der Waals surface area contributed by atoms with Crippen molar-refractivity contribution in [1.82, 2.24) is 10.5 Å². The largest absolute Gasteiger partial charge is 0.368 e. The van der Waals surface area contributed by atoms with Crippen molar-refractivity contribution in [3.63, 3.8) is 0 Å². The summed E-state index contributed by atoms with van der Waals surface area (Å²) in [5.41, 5.74) is 6.75. The zero-order chi connectivity index (χ0) is 16.8. The molecule has 0 unspecified atom stereocenters. The van der Waals surface area contributed by atoms with Gasteiger partial charge in [-0.05, 0) is 5.92 Å². The van der Waals surface area contributed by atoms with E-state index in [2.05, 4.69) is 10.5 Å². The molecule has 0 saturated heterocycles. The molecule has 0 fully saturated rings. The Morgan fingerprint density at radius 1 is 1.30 bits per heavy atom. The SMILES string of the molecule is CC[C@@H](C)[C@H](NC(=O)Cc1cc(-c2ccccc2)on1)C(N)=O. The number of nitrogens with one attached hydrogen (secondary N) is 1. The standard InChI is InChI=1S/C17H21N3O3/c1-3-11(2)16(17(18)22)19-15(21)10-13-9-14(23-20-13)12-7-5-4-6-8-12/h4-9,11,16H,3,10H2,1-2H3,(H2,18,22)(H,19,21)/t11-,16+/m1/s1. The lowest BCUT2D eigenvalue weighted by Gasteiger charge is -2.20. The van der Waals surface area contributed by atoms with Crippen LogP contribution in [0, 0.1) is 5.92 Å². The van der Waals surface area contributed by atoms with Crippen molar-refractivity contribution in [3.8, 4) is 11.3 Å². The highest BCUT2D eigenvalue weighted by Gasteiger charge is 2.24. The predicted molar refractivity (Wildman–Crippen MR) is 86.2 cm³/mol. The van der Waals surface area contributed by atoms with E-state index >= 15 is 0 Å². The van der Waals surface area contributed by atoms with Gasteiger partial charge in [-0.3, -0.25) is 9.59 Å². The summed E-state index contributed by atoms with van der Waals surface area (Å²) in [6.07, 6.45) is 0.784. The van der Waals surface area contributed by atoms with Crippen LogP contribution >= 0.6 is 0 Å². The van der Waals surface area contributed by atoms with Crippen LogP contribution in [0.25, 0.3) is 11.3 Å². The Morgan fingerprint density at radius 2 is 2.00 bits per heavy atom. The molecule has 0 aliphatic rings. The van der Waals surface area contributed by atoms with Crippen molar-refractivity contribution >= 4 is 11.8 Å². The van der Waals surface area contributed by atoms with Crippen LogP contribution in [0.1, 0.15) is 26.0 Å². The van der Waals surface area contributed by atoms with Gasteiger partial charge in [0, 0.05) is 11.6 Å². The molecule has 2 atom stereocenters. The van der Waals surface area contributed by atoms with Crippen LogP contribution in [-0.4, -0.2) is 23.0 Å². The zero-order valence-electron chi connectivity index (χ0n) is 13.3. The molecule has 122 valence electrons.